The Labute approximate surface area is 205 Å². The molecule has 35 heavy (non-hydrogen) atoms. The van der Waals surface area contributed by atoms with Crippen LogP contribution in [0.2, 0.25) is 0 Å². The van der Waals surface area contributed by atoms with E-state index in [1.165, 1.54) is 10.9 Å². The molecule has 0 spiro atoms. The number of benzene rings is 4. The molecule has 1 aromatic heterocycles. The summed E-state index contributed by atoms with van der Waals surface area (Å²) in [4.78, 5) is 17.7. The van der Waals surface area contributed by atoms with Gasteiger partial charge in [0, 0.05) is 6.04 Å². The van der Waals surface area contributed by atoms with Gasteiger partial charge in [0.15, 0.2) is 0 Å². The van der Waals surface area contributed by atoms with Crippen LogP contribution in [0.5, 0.6) is 5.75 Å². The molecule has 5 aromatic rings. The molecule has 5 heteroatoms. The normalized spacial score (nSPS) is 12.0. The molecular formula is C30H29N3O2. The Balaban J connectivity index is 1.27. The van der Waals surface area contributed by atoms with Crippen LogP contribution < -0.4 is 10.1 Å². The number of carbonyl (C=O) groups is 1. The van der Waals surface area contributed by atoms with E-state index in [0.29, 0.717) is 0 Å². The van der Waals surface area contributed by atoms with Gasteiger partial charge in [-0.1, -0.05) is 72.8 Å². The van der Waals surface area contributed by atoms with Gasteiger partial charge < -0.3 is 14.6 Å². The number of nitrogens with one attached hydrogen (secondary N) is 1. The highest BCUT2D eigenvalue weighted by molar-refractivity contribution is 5.84. The van der Waals surface area contributed by atoms with Crippen molar-refractivity contribution in [1.82, 2.24) is 14.9 Å². The third-order valence-electron chi connectivity index (χ3n) is 6.24. The molecule has 5 rings (SSSR count). The highest BCUT2D eigenvalue weighted by Crippen LogP contribution is 2.22. The molecule has 0 bridgehead atoms. The van der Waals surface area contributed by atoms with Crippen LogP contribution >= 0.6 is 0 Å². The van der Waals surface area contributed by atoms with E-state index in [2.05, 4.69) is 42.6 Å². The smallest absolute Gasteiger partial charge is 0.240 e. The number of rotatable bonds is 9. The van der Waals surface area contributed by atoms with Crippen LogP contribution in [-0.2, 0) is 24.4 Å². The quantitative estimate of drug-likeness (QED) is 0.296. The van der Waals surface area contributed by atoms with Gasteiger partial charge in [-0.05, 0) is 60.4 Å². The summed E-state index contributed by atoms with van der Waals surface area (Å²) >= 11 is 0. The number of carbonyl (C=O) groups excluding carboxylic acids is 1. The van der Waals surface area contributed by atoms with Crippen molar-refractivity contribution in [2.45, 2.75) is 39.0 Å². The number of nitrogens with zero attached hydrogens (tertiary/aromatic N) is 2. The number of para-hydroxylation sites is 2. The summed E-state index contributed by atoms with van der Waals surface area (Å²) in [6.07, 6.45) is 1.82. The fourth-order valence-corrected chi connectivity index (χ4v) is 4.38. The average molecular weight is 464 g/mol. The van der Waals surface area contributed by atoms with Crippen molar-refractivity contribution in [2.24, 2.45) is 0 Å². The van der Waals surface area contributed by atoms with Crippen molar-refractivity contribution < 1.29 is 9.53 Å². The number of hydrogen-bond acceptors (Lipinski definition) is 3. The van der Waals surface area contributed by atoms with E-state index >= 15 is 0 Å². The van der Waals surface area contributed by atoms with Gasteiger partial charge in [0.2, 0.25) is 5.91 Å². The number of imidazole rings is 1. The van der Waals surface area contributed by atoms with Gasteiger partial charge in [-0.3, -0.25) is 4.79 Å². The van der Waals surface area contributed by atoms with E-state index in [-0.39, 0.29) is 25.1 Å². The number of fused-ring (bicyclic) bond motifs is 2. The molecular weight excluding hydrogens is 434 g/mol. The molecule has 0 aliphatic carbocycles. The van der Waals surface area contributed by atoms with Crippen molar-refractivity contribution in [3.63, 3.8) is 0 Å². The summed E-state index contributed by atoms with van der Waals surface area (Å²) in [5.74, 6) is 1.48. The molecule has 1 N–H and O–H groups in total. The zero-order valence-electron chi connectivity index (χ0n) is 19.9. The Morgan fingerprint density at radius 3 is 2.51 bits per heavy atom. The minimum Gasteiger partial charge on any atom is -0.486 e. The molecule has 0 aliphatic heterocycles. The van der Waals surface area contributed by atoms with Crippen molar-refractivity contribution in [3.8, 4) is 5.75 Å². The average Bonchev–Trinajstić information content (AvgIpc) is 3.23. The second-order valence-electron chi connectivity index (χ2n) is 8.89. The SMILES string of the molecule is CC(CCc1ccccc1)NC(=O)Cn1c(COc2ccc3ccccc3c2)nc2ccccc21. The minimum atomic E-state index is -0.0272. The topological polar surface area (TPSA) is 56.2 Å². The van der Waals surface area contributed by atoms with E-state index in [0.717, 1.165) is 40.8 Å². The van der Waals surface area contributed by atoms with Crippen LogP contribution in [0.4, 0.5) is 0 Å². The summed E-state index contributed by atoms with van der Waals surface area (Å²) < 4.78 is 8.06. The second-order valence-corrected chi connectivity index (χ2v) is 8.89. The Bertz CT molecular complexity index is 1440. The van der Waals surface area contributed by atoms with E-state index in [9.17, 15) is 4.79 Å². The van der Waals surface area contributed by atoms with E-state index < -0.39 is 0 Å². The van der Waals surface area contributed by atoms with Gasteiger partial charge >= 0.3 is 0 Å². The van der Waals surface area contributed by atoms with Gasteiger partial charge in [0.25, 0.3) is 0 Å². The fraction of sp³-hybridized carbons (Fsp3) is 0.200. The molecule has 4 aromatic carbocycles. The molecule has 1 amide bonds. The van der Waals surface area contributed by atoms with Crippen LogP contribution in [0.3, 0.4) is 0 Å². The number of hydrogen-bond donors (Lipinski definition) is 1. The Morgan fingerprint density at radius 2 is 1.66 bits per heavy atom. The zero-order valence-corrected chi connectivity index (χ0v) is 19.9. The van der Waals surface area contributed by atoms with Crippen molar-refractivity contribution in [1.29, 1.82) is 0 Å². The Morgan fingerprint density at radius 1 is 0.914 bits per heavy atom. The summed E-state index contributed by atoms with van der Waals surface area (Å²) in [6.45, 7) is 2.53. The van der Waals surface area contributed by atoms with E-state index in [1.807, 2.05) is 71.3 Å². The van der Waals surface area contributed by atoms with E-state index in [4.69, 9.17) is 9.72 Å². The third kappa shape index (κ3) is 5.52. The van der Waals surface area contributed by atoms with Crippen LogP contribution in [0.15, 0.2) is 97.1 Å². The summed E-state index contributed by atoms with van der Waals surface area (Å²) in [7, 11) is 0. The molecule has 1 heterocycles. The van der Waals surface area contributed by atoms with Crippen molar-refractivity contribution in [2.75, 3.05) is 0 Å². The summed E-state index contributed by atoms with van der Waals surface area (Å²) in [5, 5.41) is 5.44. The number of aromatic nitrogens is 2. The van der Waals surface area contributed by atoms with E-state index in [1.54, 1.807) is 0 Å². The predicted octanol–water partition coefficient (Wildman–Crippen LogP) is 5.91. The fourth-order valence-electron chi connectivity index (χ4n) is 4.38. The van der Waals surface area contributed by atoms with Crippen LogP contribution in [0.25, 0.3) is 21.8 Å². The molecule has 5 nitrogen and oxygen atoms in total. The lowest BCUT2D eigenvalue weighted by Crippen LogP contribution is -2.35. The number of ether oxygens (including phenoxy) is 1. The largest absolute Gasteiger partial charge is 0.486 e. The molecule has 0 saturated carbocycles. The third-order valence-corrected chi connectivity index (χ3v) is 6.24. The van der Waals surface area contributed by atoms with Gasteiger partial charge in [-0.2, -0.15) is 0 Å². The Kier molecular flexibility index (Phi) is 6.75. The molecule has 0 saturated heterocycles. The van der Waals surface area contributed by atoms with Crippen molar-refractivity contribution >= 4 is 27.7 Å². The van der Waals surface area contributed by atoms with Gasteiger partial charge in [0.05, 0.1) is 11.0 Å². The lowest BCUT2D eigenvalue weighted by Gasteiger charge is -2.16. The number of amides is 1. The maximum absolute atomic E-state index is 12.9. The number of aryl methyl sites for hydroxylation is 1. The maximum Gasteiger partial charge on any atom is 0.240 e. The minimum absolute atomic E-state index is 0.0272. The predicted molar refractivity (Wildman–Crippen MR) is 140 cm³/mol. The molecule has 0 radical (unpaired) electrons. The van der Waals surface area contributed by atoms with Gasteiger partial charge in [-0.25, -0.2) is 4.98 Å². The molecule has 1 unspecified atom stereocenters. The van der Waals surface area contributed by atoms with Crippen LogP contribution in [0, 0.1) is 0 Å². The first-order chi connectivity index (χ1) is 17.2. The maximum atomic E-state index is 12.9. The van der Waals surface area contributed by atoms with Crippen LogP contribution in [0.1, 0.15) is 24.7 Å². The molecule has 0 aliphatic rings. The first kappa shape index (κ1) is 22.7. The van der Waals surface area contributed by atoms with Gasteiger partial charge in [-0.15, -0.1) is 0 Å². The summed E-state index contributed by atoms with van der Waals surface area (Å²) in [5.41, 5.74) is 3.06. The lowest BCUT2D eigenvalue weighted by atomic mass is 10.1. The zero-order chi connectivity index (χ0) is 24.0. The molecule has 176 valence electrons. The molecule has 1 atom stereocenters. The van der Waals surface area contributed by atoms with Gasteiger partial charge in [0.1, 0.15) is 24.7 Å². The Hall–Kier alpha value is -4.12. The highest BCUT2D eigenvalue weighted by atomic mass is 16.5. The second kappa shape index (κ2) is 10.4. The van der Waals surface area contributed by atoms with Crippen molar-refractivity contribution in [3.05, 3.63) is 108 Å². The van der Waals surface area contributed by atoms with Crippen LogP contribution in [-0.4, -0.2) is 21.5 Å². The standard InChI is InChI=1S/C30H29N3O2/c1-22(15-16-23-9-3-2-4-10-23)31-30(34)20-33-28-14-8-7-13-27(28)32-29(33)21-35-26-18-17-24-11-5-6-12-25(24)19-26/h2-14,17-19,22H,15-16,20-21H2,1H3,(H,31,34). The monoisotopic (exact) mass is 463 g/mol. The first-order valence-electron chi connectivity index (χ1n) is 12.0. The highest BCUT2D eigenvalue weighted by Gasteiger charge is 2.16. The lowest BCUT2D eigenvalue weighted by molar-refractivity contribution is -0.122. The molecule has 0 fully saturated rings. The summed E-state index contributed by atoms with van der Waals surface area (Å²) in [6, 6.07) is 32.6. The first-order valence-corrected chi connectivity index (χ1v) is 12.0.